The van der Waals surface area contributed by atoms with Crippen molar-refractivity contribution >= 4 is 22.7 Å². The van der Waals surface area contributed by atoms with Crippen LogP contribution < -0.4 is 0 Å². The van der Waals surface area contributed by atoms with Crippen LogP contribution >= 0.6 is 0 Å². The minimum absolute atomic E-state index is 0.0452. The Morgan fingerprint density at radius 1 is 0.917 bits per heavy atom. The van der Waals surface area contributed by atoms with Crippen molar-refractivity contribution < 1.29 is 19.4 Å². The number of aromatic carboxylic acids is 1. The zero-order valence-electron chi connectivity index (χ0n) is 12.7. The maximum Gasteiger partial charge on any atom is 0.339 e. The molecular weight excluding hydrogens is 304 g/mol. The van der Waals surface area contributed by atoms with Gasteiger partial charge < -0.3 is 9.84 Å². The summed E-state index contributed by atoms with van der Waals surface area (Å²) in [5.74, 6) is -1.75. The molecule has 3 aromatic carbocycles. The first-order chi connectivity index (χ1) is 11.6. The molecule has 0 aliphatic heterocycles. The van der Waals surface area contributed by atoms with Crippen LogP contribution in [0.2, 0.25) is 0 Å². The predicted octanol–water partition coefficient (Wildman–Crippen LogP) is 3.99. The monoisotopic (exact) mass is 318 g/mol. The Balaban J connectivity index is 1.68. The second kappa shape index (κ2) is 5.49. The molecule has 1 aliphatic rings. The van der Waals surface area contributed by atoms with Gasteiger partial charge in [0, 0.05) is 12.0 Å². The summed E-state index contributed by atoms with van der Waals surface area (Å²) in [5.41, 5.74) is 2.15. The number of ether oxygens (including phenoxy) is 1. The van der Waals surface area contributed by atoms with Gasteiger partial charge in [-0.25, -0.2) is 9.59 Å². The van der Waals surface area contributed by atoms with Crippen LogP contribution in [0.1, 0.15) is 37.9 Å². The van der Waals surface area contributed by atoms with E-state index in [1.807, 2.05) is 36.4 Å². The summed E-state index contributed by atoms with van der Waals surface area (Å²) < 4.78 is 5.66. The number of rotatable bonds is 3. The van der Waals surface area contributed by atoms with Crippen molar-refractivity contribution in [1.29, 1.82) is 0 Å². The van der Waals surface area contributed by atoms with Gasteiger partial charge in [-0.3, -0.25) is 0 Å². The predicted molar refractivity (Wildman–Crippen MR) is 89.2 cm³/mol. The minimum Gasteiger partial charge on any atom is -0.478 e. The van der Waals surface area contributed by atoms with Gasteiger partial charge in [0.2, 0.25) is 0 Å². The van der Waals surface area contributed by atoms with Crippen LogP contribution in [0.4, 0.5) is 0 Å². The van der Waals surface area contributed by atoms with Crippen molar-refractivity contribution in [2.45, 2.75) is 12.5 Å². The van der Waals surface area contributed by atoms with Gasteiger partial charge in [-0.1, -0.05) is 48.5 Å². The van der Waals surface area contributed by atoms with E-state index in [0.717, 1.165) is 21.9 Å². The highest BCUT2D eigenvalue weighted by molar-refractivity contribution is 6.02. The molecule has 4 nitrogen and oxygen atoms in total. The number of carbonyl (C=O) groups excluding carboxylic acids is 1. The summed E-state index contributed by atoms with van der Waals surface area (Å²) in [6, 6.07) is 18.1. The van der Waals surface area contributed by atoms with Gasteiger partial charge in [0.25, 0.3) is 0 Å². The smallest absolute Gasteiger partial charge is 0.339 e. The standard InChI is InChI=1S/C20H14O4/c21-19(22)14-8-1-2-9-15(14)20(23)24-17-11-13-7-3-5-12-6-4-10-16(17)18(12)13/h1-10,17H,11H2,(H,21,22). The highest BCUT2D eigenvalue weighted by Crippen LogP contribution is 2.39. The maximum atomic E-state index is 12.5. The summed E-state index contributed by atoms with van der Waals surface area (Å²) in [6.07, 6.45) is 0.220. The molecule has 0 spiro atoms. The molecule has 24 heavy (non-hydrogen) atoms. The van der Waals surface area contributed by atoms with Gasteiger partial charge in [-0.2, -0.15) is 0 Å². The lowest BCUT2D eigenvalue weighted by Crippen LogP contribution is -2.14. The Labute approximate surface area is 138 Å². The van der Waals surface area contributed by atoms with E-state index in [4.69, 9.17) is 4.74 Å². The summed E-state index contributed by atoms with van der Waals surface area (Å²) in [7, 11) is 0. The Morgan fingerprint density at radius 3 is 2.38 bits per heavy atom. The molecule has 1 unspecified atom stereocenters. The SMILES string of the molecule is O=C(O)c1ccccc1C(=O)OC1Cc2cccc3cccc1c23. The summed E-state index contributed by atoms with van der Waals surface area (Å²) >= 11 is 0. The lowest BCUT2D eigenvalue weighted by atomic mass is 10.1. The first kappa shape index (κ1) is 14.5. The fourth-order valence-electron chi connectivity index (χ4n) is 3.34. The average Bonchev–Trinajstić information content (AvgIpc) is 2.95. The third-order valence-corrected chi connectivity index (χ3v) is 4.40. The number of carbonyl (C=O) groups is 2. The van der Waals surface area contributed by atoms with E-state index in [1.165, 1.54) is 12.1 Å². The lowest BCUT2D eigenvalue weighted by molar-refractivity contribution is 0.0306. The number of hydrogen-bond donors (Lipinski definition) is 1. The first-order valence-electron chi connectivity index (χ1n) is 7.69. The molecule has 118 valence electrons. The Morgan fingerprint density at radius 2 is 1.62 bits per heavy atom. The van der Waals surface area contributed by atoms with Crippen molar-refractivity contribution in [3.63, 3.8) is 0 Å². The van der Waals surface area contributed by atoms with Gasteiger partial charge in [0.15, 0.2) is 0 Å². The second-order valence-corrected chi connectivity index (χ2v) is 5.81. The fourth-order valence-corrected chi connectivity index (χ4v) is 3.34. The van der Waals surface area contributed by atoms with Crippen molar-refractivity contribution in [2.24, 2.45) is 0 Å². The molecule has 0 saturated carbocycles. The van der Waals surface area contributed by atoms with Crippen molar-refractivity contribution in [2.75, 3.05) is 0 Å². The molecule has 1 aliphatic carbocycles. The molecule has 1 N–H and O–H groups in total. The first-order valence-corrected chi connectivity index (χ1v) is 7.69. The van der Waals surface area contributed by atoms with E-state index < -0.39 is 11.9 Å². The molecular formula is C20H14O4. The third kappa shape index (κ3) is 2.24. The van der Waals surface area contributed by atoms with Gasteiger partial charge in [-0.15, -0.1) is 0 Å². The van der Waals surface area contributed by atoms with Crippen molar-refractivity contribution in [3.8, 4) is 0 Å². The lowest BCUT2D eigenvalue weighted by Gasteiger charge is -2.14. The Hall–Kier alpha value is -3.14. The van der Waals surface area contributed by atoms with Crippen LogP contribution in [0, 0.1) is 0 Å². The van der Waals surface area contributed by atoms with Gasteiger partial charge in [0.1, 0.15) is 6.10 Å². The molecule has 0 amide bonds. The summed E-state index contributed by atoms with van der Waals surface area (Å²) in [5, 5.41) is 11.5. The molecule has 0 aromatic heterocycles. The topological polar surface area (TPSA) is 63.6 Å². The van der Waals surface area contributed by atoms with Crippen molar-refractivity contribution in [1.82, 2.24) is 0 Å². The summed E-state index contributed by atoms with van der Waals surface area (Å²) in [4.78, 5) is 23.8. The molecule has 0 radical (unpaired) electrons. The molecule has 0 fully saturated rings. The molecule has 4 rings (SSSR count). The zero-order chi connectivity index (χ0) is 16.7. The Kier molecular flexibility index (Phi) is 3.31. The van der Waals surface area contributed by atoms with Crippen LogP contribution in [0.5, 0.6) is 0 Å². The minimum atomic E-state index is -1.14. The number of hydrogen-bond acceptors (Lipinski definition) is 3. The van der Waals surface area contributed by atoms with Crippen LogP contribution in [-0.4, -0.2) is 17.0 Å². The second-order valence-electron chi connectivity index (χ2n) is 5.81. The maximum absolute atomic E-state index is 12.5. The molecule has 4 heteroatoms. The van der Waals surface area contributed by atoms with Crippen LogP contribution in [0.15, 0.2) is 60.7 Å². The number of benzene rings is 3. The normalized spacial score (nSPS) is 15.4. The number of carboxylic acid groups (broad SMARTS) is 1. The third-order valence-electron chi connectivity index (χ3n) is 4.40. The van der Waals surface area contributed by atoms with E-state index in [2.05, 4.69) is 0 Å². The van der Waals surface area contributed by atoms with Crippen LogP contribution in [0.25, 0.3) is 10.8 Å². The zero-order valence-corrected chi connectivity index (χ0v) is 12.7. The highest BCUT2D eigenvalue weighted by atomic mass is 16.5. The molecule has 3 aromatic rings. The van der Waals surface area contributed by atoms with Crippen LogP contribution in [-0.2, 0) is 11.2 Å². The highest BCUT2D eigenvalue weighted by Gasteiger charge is 2.28. The van der Waals surface area contributed by atoms with E-state index in [-0.39, 0.29) is 17.2 Å². The van der Waals surface area contributed by atoms with E-state index in [9.17, 15) is 14.7 Å². The van der Waals surface area contributed by atoms with E-state index >= 15 is 0 Å². The molecule has 0 saturated heterocycles. The van der Waals surface area contributed by atoms with Gasteiger partial charge in [0.05, 0.1) is 11.1 Å². The number of carboxylic acids is 1. The molecule has 0 heterocycles. The van der Waals surface area contributed by atoms with Gasteiger partial charge >= 0.3 is 11.9 Å². The molecule has 0 bridgehead atoms. The fraction of sp³-hybridized carbons (Fsp3) is 0.100. The van der Waals surface area contributed by atoms with Crippen LogP contribution in [0.3, 0.4) is 0 Å². The largest absolute Gasteiger partial charge is 0.478 e. The Bertz CT molecular complexity index is 969. The van der Waals surface area contributed by atoms with Crippen molar-refractivity contribution in [3.05, 3.63) is 82.9 Å². The van der Waals surface area contributed by atoms with E-state index in [1.54, 1.807) is 12.1 Å². The van der Waals surface area contributed by atoms with E-state index in [0.29, 0.717) is 6.42 Å². The van der Waals surface area contributed by atoms with Gasteiger partial charge in [-0.05, 0) is 28.5 Å². The quantitative estimate of drug-likeness (QED) is 0.742. The summed E-state index contributed by atoms with van der Waals surface area (Å²) in [6.45, 7) is 0. The number of esters is 1. The molecule has 1 atom stereocenters. The average molecular weight is 318 g/mol.